The first kappa shape index (κ1) is 26.3. The van der Waals surface area contributed by atoms with E-state index in [1.807, 2.05) is 84.9 Å². The van der Waals surface area contributed by atoms with Crippen LogP contribution in [0.5, 0.6) is 0 Å². The Kier molecular flexibility index (Phi) is 7.92. The van der Waals surface area contributed by atoms with Gasteiger partial charge >= 0.3 is 0 Å². The van der Waals surface area contributed by atoms with E-state index < -0.39 is 15.8 Å². The van der Waals surface area contributed by atoms with E-state index in [4.69, 9.17) is 0 Å². The number of rotatable bonds is 7. The largest absolute Gasteiger partial charge is 0.207 e. The number of hydrogen-bond donors (Lipinski definition) is 0. The van der Waals surface area contributed by atoms with Gasteiger partial charge in [0, 0.05) is 0 Å². The zero-order valence-electron chi connectivity index (χ0n) is 21.7. The van der Waals surface area contributed by atoms with Crippen molar-refractivity contribution in [3.05, 3.63) is 169 Å². The van der Waals surface area contributed by atoms with E-state index in [0.717, 1.165) is 43.0 Å². The predicted molar refractivity (Wildman–Crippen MR) is 169 cm³/mol. The molecule has 0 fully saturated rings. The van der Waals surface area contributed by atoms with Crippen molar-refractivity contribution in [1.82, 2.24) is 0 Å². The van der Waals surface area contributed by atoms with E-state index >= 15 is 8.78 Å². The minimum atomic E-state index is -1.08. The summed E-state index contributed by atoms with van der Waals surface area (Å²) in [5, 5.41) is 6.35. The van der Waals surface area contributed by atoms with E-state index in [-0.39, 0.29) is 11.6 Å². The molecule has 0 spiro atoms. The molecule has 0 heterocycles. The Morgan fingerprint density at radius 2 is 0.600 bits per heavy atom. The van der Waals surface area contributed by atoms with Gasteiger partial charge in [-0.05, 0) is 83.1 Å². The molecule has 6 rings (SSSR count). The van der Waals surface area contributed by atoms with Crippen LogP contribution >= 0.6 is 15.8 Å². The van der Waals surface area contributed by atoms with Crippen molar-refractivity contribution in [2.75, 3.05) is 0 Å². The van der Waals surface area contributed by atoms with Gasteiger partial charge in [0.2, 0.25) is 0 Å². The summed E-state index contributed by atoms with van der Waals surface area (Å²) in [6.07, 6.45) is 0. The average molecular weight is 559 g/mol. The van der Waals surface area contributed by atoms with Gasteiger partial charge < -0.3 is 0 Å². The molecule has 0 aliphatic rings. The zero-order valence-corrected chi connectivity index (χ0v) is 23.5. The fourth-order valence-corrected chi connectivity index (χ4v) is 9.96. The predicted octanol–water partition coefficient (Wildman–Crippen LogP) is 7.15. The highest BCUT2D eigenvalue weighted by atomic mass is 31.1. The Labute approximate surface area is 236 Å². The van der Waals surface area contributed by atoms with Crippen molar-refractivity contribution < 1.29 is 8.78 Å². The molecule has 0 nitrogen and oxygen atoms in total. The highest BCUT2D eigenvalue weighted by Crippen LogP contribution is 2.41. The molecule has 6 aromatic rings. The molecule has 0 aliphatic carbocycles. The van der Waals surface area contributed by atoms with Gasteiger partial charge in [-0.15, -0.1) is 0 Å². The lowest BCUT2D eigenvalue weighted by Gasteiger charge is -2.26. The highest BCUT2D eigenvalue weighted by Gasteiger charge is 2.26. The Morgan fingerprint density at radius 1 is 0.325 bits per heavy atom. The minimum Gasteiger partial charge on any atom is -0.207 e. The third-order valence-electron chi connectivity index (χ3n) is 6.75. The normalized spacial score (nSPS) is 11.2. The standard InChI is InChI=1S/C36H26F2P2/c37-27-21-23-33(35(25-27)39(29-13-5-1-6-14-29)30-15-7-2-8-16-30)34-24-22-28(38)26-36(34)40(31-17-9-3-10-18-31)32-19-11-4-12-20-32/h1-26H. The van der Waals surface area contributed by atoms with Gasteiger partial charge in [0.05, 0.1) is 0 Å². The maximum absolute atomic E-state index is 15.1. The Hall–Kier alpha value is -3.96. The van der Waals surface area contributed by atoms with Crippen LogP contribution < -0.4 is 31.8 Å². The molecule has 0 aliphatic heterocycles. The van der Waals surface area contributed by atoms with Crippen LogP contribution in [0.2, 0.25) is 0 Å². The summed E-state index contributed by atoms with van der Waals surface area (Å²) in [7, 11) is -2.16. The molecule has 194 valence electrons. The summed E-state index contributed by atoms with van der Waals surface area (Å²) in [6, 6.07) is 51.2. The third kappa shape index (κ3) is 5.52. The first-order chi connectivity index (χ1) is 19.7. The zero-order chi connectivity index (χ0) is 27.3. The van der Waals surface area contributed by atoms with Crippen LogP contribution in [-0.4, -0.2) is 0 Å². The second-order valence-corrected chi connectivity index (χ2v) is 13.7. The number of hydrogen-bond acceptors (Lipinski definition) is 0. The van der Waals surface area contributed by atoms with Gasteiger partial charge in [-0.3, -0.25) is 0 Å². The summed E-state index contributed by atoms with van der Waals surface area (Å²) in [5.74, 6) is -0.565. The first-order valence-corrected chi connectivity index (χ1v) is 15.8. The van der Waals surface area contributed by atoms with Gasteiger partial charge in [0.15, 0.2) is 0 Å². The molecular weight excluding hydrogens is 532 g/mol. The van der Waals surface area contributed by atoms with Crippen molar-refractivity contribution in [1.29, 1.82) is 0 Å². The van der Waals surface area contributed by atoms with Crippen LogP contribution in [0.15, 0.2) is 158 Å². The molecule has 6 aromatic carbocycles. The molecule has 0 radical (unpaired) electrons. The second kappa shape index (κ2) is 12.1. The molecule has 0 unspecified atom stereocenters. The third-order valence-corrected chi connectivity index (χ3v) is 11.7. The highest BCUT2D eigenvalue weighted by molar-refractivity contribution is 7.80. The average Bonchev–Trinajstić information content (AvgIpc) is 3.00. The molecular formula is C36H26F2P2. The van der Waals surface area contributed by atoms with Crippen LogP contribution in [0.25, 0.3) is 11.1 Å². The van der Waals surface area contributed by atoms with E-state index in [2.05, 4.69) is 48.5 Å². The molecule has 4 heteroatoms. The Balaban J connectivity index is 1.62. The maximum Gasteiger partial charge on any atom is 0.123 e. The quantitative estimate of drug-likeness (QED) is 0.183. The lowest BCUT2D eigenvalue weighted by Crippen LogP contribution is -2.26. The summed E-state index contributed by atoms with van der Waals surface area (Å²) in [6.45, 7) is 0. The Bertz CT molecular complexity index is 1500. The molecule has 0 N–H and O–H groups in total. The summed E-state index contributed by atoms with van der Waals surface area (Å²) >= 11 is 0. The van der Waals surface area contributed by atoms with E-state index in [1.165, 1.54) is 12.1 Å². The topological polar surface area (TPSA) is 0 Å². The smallest absolute Gasteiger partial charge is 0.123 e. The van der Waals surface area contributed by atoms with E-state index in [0.29, 0.717) is 0 Å². The van der Waals surface area contributed by atoms with Gasteiger partial charge in [-0.1, -0.05) is 133 Å². The molecule has 0 bridgehead atoms. The molecule has 0 saturated carbocycles. The van der Waals surface area contributed by atoms with Crippen LogP contribution in [-0.2, 0) is 0 Å². The van der Waals surface area contributed by atoms with Crippen molar-refractivity contribution >= 4 is 47.7 Å². The van der Waals surface area contributed by atoms with Crippen molar-refractivity contribution in [3.63, 3.8) is 0 Å². The number of benzene rings is 6. The summed E-state index contributed by atoms with van der Waals surface area (Å²) in [4.78, 5) is 0. The SMILES string of the molecule is Fc1ccc(-c2ccc(F)cc2P(c2ccccc2)c2ccccc2)c(P(c2ccccc2)c2ccccc2)c1. The second-order valence-electron chi connectivity index (χ2n) is 9.34. The van der Waals surface area contributed by atoms with Crippen molar-refractivity contribution in [2.45, 2.75) is 0 Å². The molecule has 0 saturated heterocycles. The molecule has 0 aromatic heterocycles. The van der Waals surface area contributed by atoms with Crippen LogP contribution in [0.1, 0.15) is 0 Å². The summed E-state index contributed by atoms with van der Waals surface area (Å²) in [5.41, 5.74) is 1.85. The van der Waals surface area contributed by atoms with Crippen LogP contribution in [0.3, 0.4) is 0 Å². The molecule has 0 amide bonds. The minimum absolute atomic E-state index is 0.282. The van der Waals surface area contributed by atoms with Gasteiger partial charge in [-0.2, -0.15) is 0 Å². The van der Waals surface area contributed by atoms with Crippen molar-refractivity contribution in [3.8, 4) is 11.1 Å². The summed E-state index contributed by atoms with van der Waals surface area (Å²) < 4.78 is 30.1. The van der Waals surface area contributed by atoms with Crippen molar-refractivity contribution in [2.24, 2.45) is 0 Å². The lowest BCUT2D eigenvalue weighted by molar-refractivity contribution is 0.628. The maximum atomic E-state index is 15.1. The Morgan fingerprint density at radius 3 is 0.875 bits per heavy atom. The fraction of sp³-hybridized carbons (Fsp3) is 0. The monoisotopic (exact) mass is 558 g/mol. The first-order valence-electron chi connectivity index (χ1n) is 13.1. The lowest BCUT2D eigenvalue weighted by atomic mass is 10.1. The van der Waals surface area contributed by atoms with Crippen LogP contribution in [0.4, 0.5) is 8.78 Å². The van der Waals surface area contributed by atoms with Gasteiger partial charge in [0.1, 0.15) is 11.6 Å². The molecule has 40 heavy (non-hydrogen) atoms. The fourth-order valence-electron chi connectivity index (χ4n) is 5.00. The van der Waals surface area contributed by atoms with Crippen LogP contribution in [0, 0.1) is 11.6 Å². The van der Waals surface area contributed by atoms with E-state index in [9.17, 15) is 0 Å². The van der Waals surface area contributed by atoms with Gasteiger partial charge in [-0.25, -0.2) is 8.78 Å². The van der Waals surface area contributed by atoms with E-state index in [1.54, 1.807) is 12.1 Å². The number of halogens is 2. The molecule has 0 atom stereocenters. The van der Waals surface area contributed by atoms with Gasteiger partial charge in [0.25, 0.3) is 0 Å².